The van der Waals surface area contributed by atoms with Crippen molar-refractivity contribution >= 4 is 34.6 Å². The van der Waals surface area contributed by atoms with E-state index in [1.165, 1.54) is 16.9 Å². The van der Waals surface area contributed by atoms with E-state index < -0.39 is 0 Å². The van der Waals surface area contributed by atoms with Crippen molar-refractivity contribution in [1.82, 2.24) is 15.2 Å². The van der Waals surface area contributed by atoms with Gasteiger partial charge in [-0.25, -0.2) is 0 Å². The molecule has 0 amide bonds. The number of aromatic nitrogens is 1. The van der Waals surface area contributed by atoms with Crippen molar-refractivity contribution in [2.24, 2.45) is 0 Å². The largest absolute Gasteiger partial charge is 0.469 e. The van der Waals surface area contributed by atoms with Crippen LogP contribution >= 0.6 is 23.6 Å². The van der Waals surface area contributed by atoms with Crippen LogP contribution in [-0.4, -0.2) is 34.6 Å². The highest BCUT2D eigenvalue weighted by molar-refractivity contribution is 7.80. The molecule has 0 aromatic carbocycles. The number of ether oxygens (including phenoxy) is 1. The van der Waals surface area contributed by atoms with Gasteiger partial charge in [-0.15, -0.1) is 11.3 Å². The Bertz CT molecular complexity index is 748. The van der Waals surface area contributed by atoms with Crippen molar-refractivity contribution in [3.05, 3.63) is 52.0 Å². The third-order valence-electron chi connectivity index (χ3n) is 4.26. The number of hydrogen-bond acceptors (Lipinski definition) is 5. The molecule has 0 aliphatic carbocycles. The van der Waals surface area contributed by atoms with Gasteiger partial charge >= 0.3 is 5.97 Å². The number of methoxy groups -OCH3 is 1. The lowest BCUT2D eigenvalue weighted by atomic mass is 10.0. The lowest BCUT2D eigenvalue weighted by Gasteiger charge is -2.26. The SMILES string of the molecule is COC(=O)CCCN1C(=S)N[C@@H](c2ccccn2)[C@H]1c1ccc(C)s1. The molecule has 1 saturated heterocycles. The van der Waals surface area contributed by atoms with Gasteiger partial charge in [0.2, 0.25) is 0 Å². The van der Waals surface area contributed by atoms with Crippen molar-refractivity contribution < 1.29 is 9.53 Å². The van der Waals surface area contributed by atoms with Crippen molar-refractivity contribution in [2.45, 2.75) is 31.8 Å². The fourth-order valence-corrected chi connectivity index (χ4v) is 4.42. The Morgan fingerprint density at radius 1 is 1.40 bits per heavy atom. The number of carbonyl (C=O) groups is 1. The minimum Gasteiger partial charge on any atom is -0.469 e. The number of carbonyl (C=O) groups excluding carboxylic acids is 1. The second-order valence-electron chi connectivity index (χ2n) is 5.95. The molecule has 2 atom stereocenters. The van der Waals surface area contributed by atoms with E-state index in [9.17, 15) is 4.79 Å². The van der Waals surface area contributed by atoms with Gasteiger partial charge in [0.25, 0.3) is 0 Å². The number of esters is 1. The summed E-state index contributed by atoms with van der Waals surface area (Å²) in [5, 5.41) is 4.12. The molecule has 0 unspecified atom stereocenters. The predicted octanol–water partition coefficient (Wildman–Crippen LogP) is 3.38. The first-order valence-electron chi connectivity index (χ1n) is 8.21. The number of thiocarbonyl (C=S) groups is 1. The smallest absolute Gasteiger partial charge is 0.305 e. The van der Waals surface area contributed by atoms with Gasteiger partial charge < -0.3 is 15.0 Å². The molecular formula is C18H21N3O2S2. The van der Waals surface area contributed by atoms with Crippen molar-refractivity contribution in [1.29, 1.82) is 0 Å². The first-order valence-corrected chi connectivity index (χ1v) is 9.44. The normalized spacial score (nSPS) is 19.8. The van der Waals surface area contributed by atoms with E-state index in [0.717, 1.165) is 5.69 Å². The fourth-order valence-electron chi connectivity index (χ4n) is 3.06. The quantitative estimate of drug-likeness (QED) is 0.617. The van der Waals surface area contributed by atoms with Gasteiger partial charge in [0.05, 0.1) is 24.9 Å². The highest BCUT2D eigenvalue weighted by Gasteiger charge is 2.40. The number of pyridine rings is 1. The maximum absolute atomic E-state index is 11.4. The maximum atomic E-state index is 11.4. The summed E-state index contributed by atoms with van der Waals surface area (Å²) in [6.07, 6.45) is 2.89. The molecule has 0 saturated carbocycles. The number of aryl methyl sites for hydroxylation is 1. The Hall–Kier alpha value is -1.99. The minimum atomic E-state index is -0.192. The molecule has 2 aromatic heterocycles. The molecule has 0 spiro atoms. The van der Waals surface area contributed by atoms with Crippen molar-refractivity contribution in [2.75, 3.05) is 13.7 Å². The molecule has 25 heavy (non-hydrogen) atoms. The van der Waals surface area contributed by atoms with Gasteiger partial charge in [-0.1, -0.05) is 6.07 Å². The summed E-state index contributed by atoms with van der Waals surface area (Å²) in [5.74, 6) is -0.192. The number of rotatable bonds is 6. The summed E-state index contributed by atoms with van der Waals surface area (Å²) < 4.78 is 4.73. The molecule has 7 heteroatoms. The third-order valence-corrected chi connectivity index (χ3v) is 5.68. The average Bonchev–Trinajstić information content (AvgIpc) is 3.19. The Balaban J connectivity index is 1.85. The van der Waals surface area contributed by atoms with E-state index in [1.54, 1.807) is 17.5 Å². The first kappa shape index (κ1) is 17.8. The fraction of sp³-hybridized carbons (Fsp3) is 0.389. The van der Waals surface area contributed by atoms with E-state index in [1.807, 2.05) is 18.2 Å². The van der Waals surface area contributed by atoms with Gasteiger partial charge in [0.1, 0.15) is 0 Å². The molecule has 1 aliphatic heterocycles. The van der Waals surface area contributed by atoms with Crippen LogP contribution in [0.25, 0.3) is 0 Å². The van der Waals surface area contributed by atoms with Crippen molar-refractivity contribution in [3.8, 4) is 0 Å². The van der Waals surface area contributed by atoms with Gasteiger partial charge in [0, 0.05) is 28.9 Å². The van der Waals surface area contributed by atoms with Crippen LogP contribution in [0.1, 0.15) is 40.4 Å². The molecule has 3 rings (SSSR count). The zero-order valence-corrected chi connectivity index (χ0v) is 15.9. The lowest BCUT2D eigenvalue weighted by Crippen LogP contribution is -2.30. The summed E-state index contributed by atoms with van der Waals surface area (Å²) >= 11 is 7.36. The Morgan fingerprint density at radius 2 is 2.24 bits per heavy atom. The summed E-state index contributed by atoms with van der Waals surface area (Å²) in [5.41, 5.74) is 0.969. The van der Waals surface area contributed by atoms with Crippen LogP contribution in [0.4, 0.5) is 0 Å². The lowest BCUT2D eigenvalue weighted by molar-refractivity contribution is -0.140. The van der Waals surface area contributed by atoms with Crippen LogP contribution in [0.3, 0.4) is 0 Å². The van der Waals surface area contributed by atoms with Gasteiger partial charge in [0.15, 0.2) is 5.11 Å². The molecule has 3 heterocycles. The zero-order valence-electron chi connectivity index (χ0n) is 14.3. The van der Waals surface area contributed by atoms with Crippen LogP contribution in [-0.2, 0) is 9.53 Å². The van der Waals surface area contributed by atoms with E-state index in [4.69, 9.17) is 17.0 Å². The second kappa shape index (κ2) is 7.93. The number of nitrogens with zero attached hydrogens (tertiary/aromatic N) is 2. The number of nitrogens with one attached hydrogen (secondary N) is 1. The molecule has 0 radical (unpaired) electrons. The Labute approximate surface area is 157 Å². The second-order valence-corrected chi connectivity index (χ2v) is 7.65. The van der Waals surface area contributed by atoms with Gasteiger partial charge in [-0.3, -0.25) is 9.78 Å². The molecule has 1 fully saturated rings. The zero-order chi connectivity index (χ0) is 17.8. The molecule has 0 bridgehead atoms. The highest BCUT2D eigenvalue weighted by atomic mass is 32.1. The molecule has 132 valence electrons. The monoisotopic (exact) mass is 375 g/mol. The van der Waals surface area contributed by atoms with Crippen LogP contribution in [0.2, 0.25) is 0 Å². The summed E-state index contributed by atoms with van der Waals surface area (Å²) in [4.78, 5) is 20.6. The first-order chi connectivity index (χ1) is 12.1. The van der Waals surface area contributed by atoms with E-state index in [2.05, 4.69) is 34.3 Å². The maximum Gasteiger partial charge on any atom is 0.305 e. The van der Waals surface area contributed by atoms with Crippen LogP contribution in [0, 0.1) is 6.92 Å². The van der Waals surface area contributed by atoms with Crippen LogP contribution in [0.5, 0.6) is 0 Å². The topological polar surface area (TPSA) is 54.5 Å². The molecule has 2 aromatic rings. The van der Waals surface area contributed by atoms with E-state index in [-0.39, 0.29) is 18.1 Å². The predicted molar refractivity (Wildman–Crippen MR) is 102 cm³/mol. The van der Waals surface area contributed by atoms with Crippen LogP contribution < -0.4 is 5.32 Å². The summed E-state index contributed by atoms with van der Waals surface area (Å²) in [6, 6.07) is 10.3. The van der Waals surface area contributed by atoms with Gasteiger partial charge in [-0.05, 0) is 49.8 Å². The summed E-state index contributed by atoms with van der Waals surface area (Å²) in [6.45, 7) is 2.80. The molecule has 1 N–H and O–H groups in total. The van der Waals surface area contributed by atoms with E-state index in [0.29, 0.717) is 24.5 Å². The number of hydrogen-bond donors (Lipinski definition) is 1. The highest BCUT2D eigenvalue weighted by Crippen LogP contribution is 2.41. The number of thiophene rings is 1. The molecular weight excluding hydrogens is 354 g/mol. The Kier molecular flexibility index (Phi) is 5.65. The van der Waals surface area contributed by atoms with Gasteiger partial charge in [-0.2, -0.15) is 0 Å². The molecule has 5 nitrogen and oxygen atoms in total. The average molecular weight is 376 g/mol. The standard InChI is InChI=1S/C18H21N3O2S2/c1-12-8-9-14(25-12)17-16(13-6-3-4-10-19-13)20-18(24)21(17)11-5-7-15(22)23-2/h3-4,6,8-10,16-17H,5,7,11H2,1-2H3,(H,20,24)/t16-,17+/m0/s1. The van der Waals surface area contributed by atoms with Crippen molar-refractivity contribution in [3.63, 3.8) is 0 Å². The minimum absolute atomic E-state index is 0.00452. The third kappa shape index (κ3) is 3.99. The molecule has 1 aliphatic rings. The Morgan fingerprint density at radius 3 is 2.88 bits per heavy atom. The summed E-state index contributed by atoms with van der Waals surface area (Å²) in [7, 11) is 1.42. The van der Waals surface area contributed by atoms with E-state index >= 15 is 0 Å². The van der Waals surface area contributed by atoms with Crippen LogP contribution in [0.15, 0.2) is 36.5 Å².